The van der Waals surface area contributed by atoms with E-state index in [2.05, 4.69) is 20.7 Å². The van der Waals surface area contributed by atoms with Crippen molar-refractivity contribution in [3.63, 3.8) is 0 Å². The number of aliphatic hydroxyl groups excluding tert-OH is 1. The van der Waals surface area contributed by atoms with Crippen molar-refractivity contribution >= 4 is 54.6 Å². The van der Waals surface area contributed by atoms with E-state index in [9.17, 15) is 8.42 Å². The fourth-order valence-electron chi connectivity index (χ4n) is 1.55. The lowest BCUT2D eigenvalue weighted by Gasteiger charge is -2.08. The normalized spacial score (nSPS) is 11.6. The second-order valence-electron chi connectivity index (χ2n) is 4.06. The van der Waals surface area contributed by atoms with Crippen molar-refractivity contribution < 1.29 is 13.5 Å². The third kappa shape index (κ3) is 3.35. The highest BCUT2D eigenvalue weighted by Crippen LogP contribution is 2.31. The lowest BCUT2D eigenvalue weighted by molar-refractivity contribution is 0.285. The van der Waals surface area contributed by atoms with Crippen LogP contribution in [0.1, 0.15) is 10.4 Å². The number of thiophene rings is 1. The zero-order valence-electron chi connectivity index (χ0n) is 10.4. The van der Waals surface area contributed by atoms with Crippen molar-refractivity contribution in [3.8, 4) is 0 Å². The molecule has 0 saturated carbocycles. The Morgan fingerprint density at radius 3 is 2.70 bits per heavy atom. The molecule has 1 aromatic carbocycles. The molecule has 20 heavy (non-hydrogen) atoms. The van der Waals surface area contributed by atoms with Crippen molar-refractivity contribution in [1.29, 1.82) is 0 Å². The van der Waals surface area contributed by atoms with E-state index < -0.39 is 10.0 Å². The van der Waals surface area contributed by atoms with Gasteiger partial charge in [-0.3, -0.25) is 4.72 Å². The standard InChI is InChI=1S/C12H11BrClNO3S2/c1-7-4-12(19-11(7)6-16)20(17,18)15-10-5-8(14)2-3-9(10)13/h2-5,15-16H,6H2,1H3. The van der Waals surface area contributed by atoms with Gasteiger partial charge in [-0.2, -0.15) is 0 Å². The first-order valence-electron chi connectivity index (χ1n) is 5.51. The zero-order valence-corrected chi connectivity index (χ0v) is 14.3. The van der Waals surface area contributed by atoms with Crippen molar-refractivity contribution in [3.05, 3.63) is 44.2 Å². The highest BCUT2D eigenvalue weighted by molar-refractivity contribution is 9.10. The summed E-state index contributed by atoms with van der Waals surface area (Å²) in [7, 11) is -3.70. The molecule has 0 unspecified atom stereocenters. The van der Waals surface area contributed by atoms with Crippen LogP contribution in [0.2, 0.25) is 5.02 Å². The SMILES string of the molecule is Cc1cc(S(=O)(=O)Nc2cc(Cl)ccc2Br)sc1CO. The quantitative estimate of drug-likeness (QED) is 0.827. The number of halogens is 2. The molecule has 0 aliphatic carbocycles. The molecule has 0 spiro atoms. The summed E-state index contributed by atoms with van der Waals surface area (Å²) in [5.41, 5.74) is 1.12. The maximum Gasteiger partial charge on any atom is 0.271 e. The summed E-state index contributed by atoms with van der Waals surface area (Å²) in [5, 5.41) is 9.57. The molecular formula is C12H11BrClNO3S2. The number of benzene rings is 1. The molecular weight excluding hydrogens is 386 g/mol. The number of hydrogen-bond donors (Lipinski definition) is 2. The van der Waals surface area contributed by atoms with Crippen LogP contribution in [-0.2, 0) is 16.6 Å². The molecule has 0 radical (unpaired) electrons. The van der Waals surface area contributed by atoms with Crippen molar-refractivity contribution in [2.75, 3.05) is 4.72 Å². The molecule has 0 aliphatic heterocycles. The molecule has 4 nitrogen and oxygen atoms in total. The first kappa shape index (κ1) is 15.8. The Bertz CT molecular complexity index is 743. The van der Waals surface area contributed by atoms with Crippen LogP contribution in [0.3, 0.4) is 0 Å². The second-order valence-corrected chi connectivity index (χ2v) is 8.40. The highest BCUT2D eigenvalue weighted by Gasteiger charge is 2.20. The lowest BCUT2D eigenvalue weighted by Crippen LogP contribution is -2.11. The van der Waals surface area contributed by atoms with Gasteiger partial charge in [-0.25, -0.2) is 8.42 Å². The number of aryl methyl sites for hydroxylation is 1. The maximum atomic E-state index is 12.3. The van der Waals surface area contributed by atoms with Gasteiger partial charge in [-0.15, -0.1) is 11.3 Å². The van der Waals surface area contributed by atoms with E-state index in [1.54, 1.807) is 19.1 Å². The summed E-state index contributed by atoms with van der Waals surface area (Å²) in [4.78, 5) is 0.635. The third-order valence-electron chi connectivity index (χ3n) is 2.58. The van der Waals surface area contributed by atoms with E-state index in [0.29, 0.717) is 20.1 Å². The van der Waals surface area contributed by atoms with Gasteiger partial charge in [0.2, 0.25) is 0 Å². The molecule has 1 heterocycles. The predicted octanol–water partition coefficient (Wildman–Crippen LogP) is 3.77. The second kappa shape index (κ2) is 6.03. The van der Waals surface area contributed by atoms with Crippen LogP contribution in [0.4, 0.5) is 5.69 Å². The fourth-order valence-corrected chi connectivity index (χ4v) is 4.72. The summed E-state index contributed by atoms with van der Waals surface area (Å²) in [6.07, 6.45) is 0. The lowest BCUT2D eigenvalue weighted by atomic mass is 10.3. The smallest absolute Gasteiger partial charge is 0.271 e. The minimum absolute atomic E-state index is 0.158. The van der Waals surface area contributed by atoms with Gasteiger partial charge in [0.1, 0.15) is 4.21 Å². The molecule has 2 aromatic rings. The van der Waals surface area contributed by atoms with Crippen LogP contribution in [0.25, 0.3) is 0 Å². The Labute approximate surface area is 134 Å². The summed E-state index contributed by atoms with van der Waals surface area (Å²) in [6, 6.07) is 6.38. The van der Waals surface area contributed by atoms with Crippen LogP contribution < -0.4 is 4.72 Å². The zero-order chi connectivity index (χ0) is 14.9. The molecule has 0 fully saturated rings. The van der Waals surface area contributed by atoms with Gasteiger partial charge in [-0.05, 0) is 52.7 Å². The van der Waals surface area contributed by atoms with Crippen LogP contribution >= 0.6 is 38.9 Å². The van der Waals surface area contributed by atoms with Gasteiger partial charge in [0, 0.05) is 14.4 Å². The molecule has 108 valence electrons. The molecule has 2 rings (SSSR count). The first-order valence-corrected chi connectivity index (χ1v) is 8.98. The highest BCUT2D eigenvalue weighted by atomic mass is 79.9. The van der Waals surface area contributed by atoms with Crippen molar-refractivity contribution in [2.24, 2.45) is 0 Å². The molecule has 1 aromatic heterocycles. The molecule has 0 atom stereocenters. The first-order chi connectivity index (χ1) is 9.33. The Morgan fingerprint density at radius 2 is 2.10 bits per heavy atom. The van der Waals surface area contributed by atoms with E-state index in [4.69, 9.17) is 16.7 Å². The van der Waals surface area contributed by atoms with Gasteiger partial charge < -0.3 is 5.11 Å². The van der Waals surface area contributed by atoms with Crippen molar-refractivity contribution in [1.82, 2.24) is 0 Å². The van der Waals surface area contributed by atoms with Crippen LogP contribution in [0.5, 0.6) is 0 Å². The number of nitrogens with one attached hydrogen (secondary N) is 1. The number of aliphatic hydroxyl groups is 1. The average Bonchev–Trinajstić information content (AvgIpc) is 2.76. The Morgan fingerprint density at radius 1 is 1.40 bits per heavy atom. The van der Waals surface area contributed by atoms with E-state index in [1.807, 2.05) is 0 Å². The number of rotatable bonds is 4. The molecule has 8 heteroatoms. The minimum atomic E-state index is -3.70. The number of anilines is 1. The van der Waals surface area contributed by atoms with E-state index in [0.717, 1.165) is 16.9 Å². The molecule has 0 amide bonds. The molecule has 0 saturated heterocycles. The van der Waals surface area contributed by atoms with Gasteiger partial charge in [-0.1, -0.05) is 11.6 Å². The van der Waals surface area contributed by atoms with Crippen LogP contribution in [-0.4, -0.2) is 13.5 Å². The van der Waals surface area contributed by atoms with Crippen LogP contribution in [0.15, 0.2) is 32.9 Å². The third-order valence-corrected chi connectivity index (χ3v) is 6.57. The average molecular weight is 397 g/mol. The molecule has 0 aliphatic rings. The Kier molecular flexibility index (Phi) is 4.76. The van der Waals surface area contributed by atoms with E-state index in [-0.39, 0.29) is 10.8 Å². The largest absolute Gasteiger partial charge is 0.391 e. The molecule has 0 bridgehead atoms. The molecule has 2 N–H and O–H groups in total. The monoisotopic (exact) mass is 395 g/mol. The van der Waals surface area contributed by atoms with Gasteiger partial charge >= 0.3 is 0 Å². The Balaban J connectivity index is 2.37. The summed E-state index contributed by atoms with van der Waals surface area (Å²) in [6.45, 7) is 1.59. The van der Waals surface area contributed by atoms with Crippen molar-refractivity contribution in [2.45, 2.75) is 17.7 Å². The van der Waals surface area contributed by atoms with Gasteiger partial charge in [0.25, 0.3) is 10.0 Å². The van der Waals surface area contributed by atoms with E-state index in [1.165, 1.54) is 12.1 Å². The van der Waals surface area contributed by atoms with Gasteiger partial charge in [0.05, 0.1) is 12.3 Å². The minimum Gasteiger partial charge on any atom is -0.391 e. The number of hydrogen-bond acceptors (Lipinski definition) is 4. The van der Waals surface area contributed by atoms with Crippen LogP contribution in [0, 0.1) is 6.92 Å². The summed E-state index contributed by atoms with van der Waals surface area (Å²) >= 11 is 10.2. The summed E-state index contributed by atoms with van der Waals surface area (Å²) < 4.78 is 27.8. The topological polar surface area (TPSA) is 66.4 Å². The fraction of sp³-hybridized carbons (Fsp3) is 0.167. The van der Waals surface area contributed by atoms with E-state index >= 15 is 0 Å². The Hall–Kier alpha value is -0.600. The van der Waals surface area contributed by atoms with Gasteiger partial charge in [0.15, 0.2) is 0 Å². The predicted molar refractivity (Wildman–Crippen MR) is 84.9 cm³/mol. The number of sulfonamides is 1. The maximum absolute atomic E-state index is 12.3. The summed E-state index contributed by atoms with van der Waals surface area (Å²) in [5.74, 6) is 0.